The number of likely N-dealkylation sites (tertiary alicyclic amines) is 1. The SMILES string of the molecule is CC(C)N1C[C@H]2CCN(c3cncnc3)C(=O)[C@@H]2C1.O=C(O)C(F)(F)F. The molecule has 26 heavy (non-hydrogen) atoms. The van der Waals surface area contributed by atoms with Crippen LogP contribution in [0.4, 0.5) is 18.9 Å². The number of carboxylic acids is 1. The van der Waals surface area contributed by atoms with Crippen molar-refractivity contribution in [3.63, 3.8) is 0 Å². The van der Waals surface area contributed by atoms with Crippen molar-refractivity contribution in [1.82, 2.24) is 14.9 Å². The molecular formula is C16H21F3N4O3. The van der Waals surface area contributed by atoms with Gasteiger partial charge in [0.25, 0.3) is 0 Å². The van der Waals surface area contributed by atoms with E-state index in [4.69, 9.17) is 9.90 Å². The van der Waals surface area contributed by atoms with Crippen LogP contribution < -0.4 is 4.90 Å². The van der Waals surface area contributed by atoms with E-state index in [9.17, 15) is 18.0 Å². The fourth-order valence-electron chi connectivity index (χ4n) is 3.19. The van der Waals surface area contributed by atoms with Crippen LogP contribution in [0.3, 0.4) is 0 Å². The average Bonchev–Trinajstić information content (AvgIpc) is 3.01. The molecule has 0 saturated carbocycles. The summed E-state index contributed by atoms with van der Waals surface area (Å²) in [6.07, 6.45) is 0.937. The minimum atomic E-state index is -5.08. The monoisotopic (exact) mass is 374 g/mol. The summed E-state index contributed by atoms with van der Waals surface area (Å²) < 4.78 is 31.7. The van der Waals surface area contributed by atoms with Gasteiger partial charge in [-0.05, 0) is 26.2 Å². The Morgan fingerprint density at radius 3 is 2.35 bits per heavy atom. The summed E-state index contributed by atoms with van der Waals surface area (Å²) >= 11 is 0. The molecule has 0 aromatic carbocycles. The normalized spacial score (nSPS) is 23.5. The van der Waals surface area contributed by atoms with Crippen molar-refractivity contribution in [2.45, 2.75) is 32.5 Å². The molecule has 2 aliphatic heterocycles. The number of anilines is 1. The van der Waals surface area contributed by atoms with Gasteiger partial charge in [0.2, 0.25) is 5.91 Å². The Hall–Kier alpha value is -2.23. The highest BCUT2D eigenvalue weighted by atomic mass is 19.4. The van der Waals surface area contributed by atoms with Gasteiger partial charge in [-0.1, -0.05) is 0 Å². The lowest BCUT2D eigenvalue weighted by atomic mass is 9.88. The highest BCUT2D eigenvalue weighted by Gasteiger charge is 2.43. The molecule has 1 N–H and O–H groups in total. The number of fused-ring (bicyclic) bond motifs is 1. The van der Waals surface area contributed by atoms with E-state index in [-0.39, 0.29) is 11.8 Å². The van der Waals surface area contributed by atoms with Gasteiger partial charge in [0, 0.05) is 25.7 Å². The number of aromatic nitrogens is 2. The number of piperidine rings is 1. The Kier molecular flexibility index (Phi) is 6.17. The third kappa shape index (κ3) is 4.69. The maximum absolute atomic E-state index is 12.6. The second kappa shape index (κ2) is 7.98. The zero-order valence-electron chi connectivity index (χ0n) is 14.5. The van der Waals surface area contributed by atoms with Gasteiger partial charge in [-0.25, -0.2) is 14.8 Å². The molecule has 3 rings (SSSR count). The number of carbonyl (C=O) groups is 2. The second-order valence-electron chi connectivity index (χ2n) is 6.59. The molecule has 3 heterocycles. The predicted octanol–water partition coefficient (Wildman–Crippen LogP) is 1.80. The van der Waals surface area contributed by atoms with Gasteiger partial charge >= 0.3 is 12.1 Å². The molecule has 2 fully saturated rings. The molecule has 0 aliphatic carbocycles. The van der Waals surface area contributed by atoms with Crippen LogP contribution >= 0.6 is 0 Å². The van der Waals surface area contributed by atoms with Crippen LogP contribution in [0, 0.1) is 11.8 Å². The summed E-state index contributed by atoms with van der Waals surface area (Å²) in [5.41, 5.74) is 0.828. The lowest BCUT2D eigenvalue weighted by molar-refractivity contribution is -0.192. The number of hydrogen-bond acceptors (Lipinski definition) is 5. The third-order valence-corrected chi connectivity index (χ3v) is 4.61. The van der Waals surface area contributed by atoms with Gasteiger partial charge in [0.15, 0.2) is 0 Å². The number of carboxylic acid groups (broad SMARTS) is 1. The van der Waals surface area contributed by atoms with Crippen LogP contribution in [-0.2, 0) is 9.59 Å². The summed E-state index contributed by atoms with van der Waals surface area (Å²) in [6, 6.07) is 0.520. The van der Waals surface area contributed by atoms with Crippen LogP contribution in [0.25, 0.3) is 0 Å². The van der Waals surface area contributed by atoms with E-state index in [0.717, 1.165) is 31.7 Å². The molecule has 1 aromatic rings. The third-order valence-electron chi connectivity index (χ3n) is 4.61. The zero-order chi connectivity index (χ0) is 19.5. The van der Waals surface area contributed by atoms with E-state index in [1.165, 1.54) is 6.33 Å². The molecule has 1 aromatic heterocycles. The van der Waals surface area contributed by atoms with Crippen molar-refractivity contribution >= 4 is 17.6 Å². The Balaban J connectivity index is 0.000000298. The number of nitrogens with zero attached hydrogens (tertiary/aromatic N) is 4. The number of rotatable bonds is 2. The fourth-order valence-corrected chi connectivity index (χ4v) is 3.19. The summed E-state index contributed by atoms with van der Waals surface area (Å²) in [4.78, 5) is 33.8. The van der Waals surface area contributed by atoms with Crippen LogP contribution in [0.15, 0.2) is 18.7 Å². The van der Waals surface area contributed by atoms with Crippen molar-refractivity contribution in [2.75, 3.05) is 24.5 Å². The van der Waals surface area contributed by atoms with Crippen LogP contribution in [0.5, 0.6) is 0 Å². The molecule has 0 radical (unpaired) electrons. The Morgan fingerprint density at radius 1 is 1.27 bits per heavy atom. The predicted molar refractivity (Wildman–Crippen MR) is 86.4 cm³/mol. The van der Waals surface area contributed by atoms with Crippen LogP contribution in [-0.4, -0.2) is 63.7 Å². The van der Waals surface area contributed by atoms with Crippen molar-refractivity contribution in [2.24, 2.45) is 11.8 Å². The average molecular weight is 374 g/mol. The van der Waals surface area contributed by atoms with Gasteiger partial charge in [-0.2, -0.15) is 13.2 Å². The topological polar surface area (TPSA) is 86.6 Å². The number of halogens is 3. The van der Waals surface area contributed by atoms with Gasteiger partial charge in [0.05, 0.1) is 24.0 Å². The van der Waals surface area contributed by atoms with Gasteiger partial charge in [-0.3, -0.25) is 9.69 Å². The lowest BCUT2D eigenvalue weighted by Gasteiger charge is -2.33. The smallest absolute Gasteiger partial charge is 0.475 e. The van der Waals surface area contributed by atoms with Gasteiger partial charge < -0.3 is 10.0 Å². The quantitative estimate of drug-likeness (QED) is 0.850. The number of aliphatic carboxylic acids is 1. The number of hydrogen-bond donors (Lipinski definition) is 1. The molecule has 0 unspecified atom stereocenters. The van der Waals surface area contributed by atoms with Gasteiger partial charge in [0.1, 0.15) is 6.33 Å². The largest absolute Gasteiger partial charge is 0.490 e. The highest BCUT2D eigenvalue weighted by Crippen LogP contribution is 2.34. The van der Waals surface area contributed by atoms with Crippen LogP contribution in [0.2, 0.25) is 0 Å². The van der Waals surface area contributed by atoms with E-state index in [1.54, 1.807) is 12.4 Å². The highest BCUT2D eigenvalue weighted by molar-refractivity contribution is 5.96. The first-order valence-electron chi connectivity index (χ1n) is 8.21. The second-order valence-corrected chi connectivity index (χ2v) is 6.59. The first-order valence-corrected chi connectivity index (χ1v) is 8.21. The molecule has 10 heteroatoms. The number of alkyl halides is 3. The molecule has 0 bridgehead atoms. The van der Waals surface area contributed by atoms with E-state index < -0.39 is 12.1 Å². The molecular weight excluding hydrogens is 353 g/mol. The van der Waals surface area contributed by atoms with Crippen LogP contribution in [0.1, 0.15) is 20.3 Å². The lowest BCUT2D eigenvalue weighted by Crippen LogP contribution is -2.45. The zero-order valence-corrected chi connectivity index (χ0v) is 14.5. The molecule has 2 aliphatic rings. The summed E-state index contributed by atoms with van der Waals surface area (Å²) in [6.45, 7) is 7.15. The van der Waals surface area contributed by atoms with E-state index in [0.29, 0.717) is 12.0 Å². The Labute approximate surface area is 148 Å². The van der Waals surface area contributed by atoms with Crippen molar-refractivity contribution in [3.8, 4) is 0 Å². The first kappa shape index (κ1) is 20.1. The Morgan fingerprint density at radius 2 is 1.85 bits per heavy atom. The minimum Gasteiger partial charge on any atom is -0.475 e. The number of carbonyl (C=O) groups excluding carboxylic acids is 1. The standard InChI is InChI=1S/C14H20N4O.C2HF3O2/c1-10(2)17-7-11-3-4-18(14(19)13(11)8-17)12-5-15-9-16-6-12;3-2(4,5)1(6)7/h5-6,9-11,13H,3-4,7-8H2,1-2H3;(H,6,7)/t11-,13-;/m1./s1. The maximum Gasteiger partial charge on any atom is 0.490 e. The summed E-state index contributed by atoms with van der Waals surface area (Å²) in [5, 5.41) is 7.12. The van der Waals surface area contributed by atoms with Gasteiger partial charge in [-0.15, -0.1) is 0 Å². The van der Waals surface area contributed by atoms with Crippen molar-refractivity contribution < 1.29 is 27.9 Å². The van der Waals surface area contributed by atoms with E-state index in [2.05, 4.69) is 28.7 Å². The van der Waals surface area contributed by atoms with E-state index in [1.807, 2.05) is 4.90 Å². The molecule has 0 spiro atoms. The molecule has 1 amide bonds. The van der Waals surface area contributed by atoms with Crippen molar-refractivity contribution in [1.29, 1.82) is 0 Å². The summed E-state index contributed by atoms with van der Waals surface area (Å²) in [5.74, 6) is -1.84. The summed E-state index contributed by atoms with van der Waals surface area (Å²) in [7, 11) is 0. The Bertz CT molecular complexity index is 639. The van der Waals surface area contributed by atoms with E-state index >= 15 is 0 Å². The first-order chi connectivity index (χ1) is 12.1. The minimum absolute atomic E-state index is 0.149. The molecule has 144 valence electrons. The molecule has 2 saturated heterocycles. The molecule has 7 nitrogen and oxygen atoms in total. The number of amides is 1. The maximum atomic E-state index is 12.6. The van der Waals surface area contributed by atoms with Crippen molar-refractivity contribution in [3.05, 3.63) is 18.7 Å². The molecule has 2 atom stereocenters. The fraction of sp³-hybridized carbons (Fsp3) is 0.625.